The average molecular weight is 332 g/mol. The Labute approximate surface area is 135 Å². The lowest BCUT2D eigenvalue weighted by Crippen LogP contribution is -2.25. The van der Waals surface area contributed by atoms with Gasteiger partial charge in [-0.15, -0.1) is 4.40 Å². The van der Waals surface area contributed by atoms with Gasteiger partial charge in [-0.3, -0.25) is 9.11 Å². The molecule has 0 saturated carbocycles. The number of carbonyl (C=O) groups excluding carboxylic acids is 1. The number of fused-ring (bicyclic) bond motifs is 1. The summed E-state index contributed by atoms with van der Waals surface area (Å²) in [6, 6.07) is 14.1. The monoisotopic (exact) mass is 332 g/mol. The molecule has 0 saturated heterocycles. The number of nitrogens with zero attached hydrogens (tertiary/aromatic N) is 2. The van der Waals surface area contributed by atoms with Gasteiger partial charge in [-0.2, -0.15) is 0 Å². The first-order chi connectivity index (χ1) is 11.0. The van der Waals surface area contributed by atoms with Crippen LogP contribution < -0.4 is 4.90 Å². The Morgan fingerprint density at radius 2 is 1.87 bits per heavy atom. The molecule has 0 atom stereocenters. The summed E-state index contributed by atoms with van der Waals surface area (Å²) in [4.78, 5) is 13.7. The molecule has 2 aromatic carbocycles. The number of benzene rings is 2. The van der Waals surface area contributed by atoms with Gasteiger partial charge in [-0.05, 0) is 29.8 Å². The van der Waals surface area contributed by atoms with Crippen LogP contribution in [0.1, 0.15) is 15.9 Å². The molecule has 1 heterocycles. The van der Waals surface area contributed by atoms with Gasteiger partial charge in [-0.1, -0.05) is 35.0 Å². The number of anilines is 1. The number of hydrogen-bond acceptors (Lipinski definition) is 6. The Balaban J connectivity index is 1.85. The van der Waals surface area contributed by atoms with Crippen molar-refractivity contribution in [3.05, 3.63) is 59.7 Å². The average Bonchev–Trinajstić information content (AvgIpc) is 2.58. The number of para-hydroxylation sites is 1. The van der Waals surface area contributed by atoms with Crippen molar-refractivity contribution in [2.24, 2.45) is 4.40 Å². The molecule has 6 nitrogen and oxygen atoms in total. The fourth-order valence-corrected chi connectivity index (χ4v) is 3.44. The van der Waals surface area contributed by atoms with Crippen molar-refractivity contribution in [2.45, 2.75) is 11.4 Å². The maximum Gasteiger partial charge on any atom is 0.337 e. The van der Waals surface area contributed by atoms with Crippen molar-refractivity contribution in [3.63, 3.8) is 0 Å². The lowest BCUT2D eigenvalue weighted by atomic mass is 10.1. The molecule has 0 amide bonds. The maximum atomic E-state index is 11.4. The van der Waals surface area contributed by atoms with Gasteiger partial charge in [0.15, 0.2) is 0 Å². The van der Waals surface area contributed by atoms with E-state index < -0.39 is 10.8 Å². The zero-order valence-corrected chi connectivity index (χ0v) is 13.2. The van der Waals surface area contributed by atoms with Crippen molar-refractivity contribution in [3.8, 4) is 0 Å². The van der Waals surface area contributed by atoms with Crippen LogP contribution in [0.2, 0.25) is 0 Å². The molecule has 3 rings (SSSR count). The third-order valence-electron chi connectivity index (χ3n) is 3.53. The SMILES string of the molecule is COC(=O)c1ccc(CN2C=NS(O)(O)c3ccccc32)cc1. The van der Waals surface area contributed by atoms with Gasteiger partial charge in [0.25, 0.3) is 0 Å². The molecule has 120 valence electrons. The minimum absolute atomic E-state index is 0.379. The number of methoxy groups -OCH3 is 1. The van der Waals surface area contributed by atoms with Crippen molar-refractivity contribution in [2.75, 3.05) is 12.0 Å². The van der Waals surface area contributed by atoms with E-state index in [1.807, 2.05) is 29.2 Å². The second-order valence-electron chi connectivity index (χ2n) is 5.02. The molecule has 0 radical (unpaired) electrons. The molecule has 0 fully saturated rings. The second-order valence-corrected chi connectivity index (χ2v) is 6.71. The Bertz CT molecular complexity index is 759. The lowest BCUT2D eigenvalue weighted by Gasteiger charge is -2.36. The highest BCUT2D eigenvalue weighted by atomic mass is 32.3. The van der Waals surface area contributed by atoms with Crippen molar-refractivity contribution in [1.82, 2.24) is 0 Å². The summed E-state index contributed by atoms with van der Waals surface area (Å²) in [7, 11) is -1.78. The van der Waals surface area contributed by atoms with Crippen LogP contribution in [0.15, 0.2) is 57.8 Å². The van der Waals surface area contributed by atoms with E-state index in [1.54, 1.807) is 24.3 Å². The summed E-state index contributed by atoms with van der Waals surface area (Å²) in [6.07, 6.45) is 1.44. The highest BCUT2D eigenvalue weighted by Crippen LogP contribution is 2.55. The summed E-state index contributed by atoms with van der Waals surface area (Å²) in [5, 5.41) is 0. The van der Waals surface area contributed by atoms with Gasteiger partial charge in [0, 0.05) is 6.54 Å². The zero-order valence-electron chi connectivity index (χ0n) is 12.4. The van der Waals surface area contributed by atoms with E-state index in [4.69, 9.17) is 0 Å². The summed E-state index contributed by atoms with van der Waals surface area (Å²) in [5.74, 6) is -0.379. The predicted molar refractivity (Wildman–Crippen MR) is 90.0 cm³/mol. The Hall–Kier alpha value is -2.35. The summed E-state index contributed by atoms with van der Waals surface area (Å²) in [6.45, 7) is 0.498. The standard InChI is InChI=1S/C16H16N2O4S/c1-22-16(19)13-8-6-12(7-9-13)10-18-11-17-23(20,21)15-5-3-2-4-14(15)18/h2-9,11,20-21H,10H2,1H3. The molecule has 2 aromatic rings. The highest BCUT2D eigenvalue weighted by Gasteiger charge is 2.25. The number of esters is 1. The number of carbonyl (C=O) groups is 1. The molecule has 2 N–H and O–H groups in total. The smallest absolute Gasteiger partial charge is 0.337 e. The van der Waals surface area contributed by atoms with E-state index in [0.29, 0.717) is 22.7 Å². The van der Waals surface area contributed by atoms with Crippen LogP contribution in [-0.2, 0) is 11.3 Å². The number of hydrogen-bond donors (Lipinski definition) is 2. The van der Waals surface area contributed by atoms with Gasteiger partial charge in [0.05, 0.1) is 18.4 Å². The third-order valence-corrected chi connectivity index (χ3v) is 4.85. The van der Waals surface area contributed by atoms with Gasteiger partial charge >= 0.3 is 5.97 Å². The molecule has 0 spiro atoms. The fraction of sp³-hybridized carbons (Fsp3) is 0.125. The Morgan fingerprint density at radius 3 is 2.57 bits per heavy atom. The van der Waals surface area contributed by atoms with E-state index in [9.17, 15) is 13.9 Å². The van der Waals surface area contributed by atoms with Gasteiger partial charge in [-0.25, -0.2) is 4.79 Å². The van der Waals surface area contributed by atoms with Gasteiger partial charge < -0.3 is 9.64 Å². The van der Waals surface area contributed by atoms with Crippen LogP contribution in [0.4, 0.5) is 5.69 Å². The predicted octanol–water partition coefficient (Wildman–Crippen LogP) is 3.55. The highest BCUT2D eigenvalue weighted by molar-refractivity contribution is 8.23. The topological polar surface area (TPSA) is 82.4 Å². The minimum Gasteiger partial charge on any atom is -0.465 e. The second kappa shape index (κ2) is 6.04. The van der Waals surface area contributed by atoms with Crippen LogP contribution in [0.3, 0.4) is 0 Å². The van der Waals surface area contributed by atoms with Crippen molar-refractivity contribution in [1.29, 1.82) is 0 Å². The largest absolute Gasteiger partial charge is 0.465 e. The van der Waals surface area contributed by atoms with E-state index in [2.05, 4.69) is 9.13 Å². The number of rotatable bonds is 3. The molecular formula is C16H16N2O4S. The first-order valence-electron chi connectivity index (χ1n) is 6.88. The molecule has 0 bridgehead atoms. The normalized spacial score (nSPS) is 16.6. The van der Waals surface area contributed by atoms with Crippen LogP contribution in [-0.4, -0.2) is 28.5 Å². The van der Waals surface area contributed by atoms with Crippen molar-refractivity contribution < 1.29 is 18.6 Å². The Kier molecular flexibility index (Phi) is 4.08. The Morgan fingerprint density at radius 1 is 1.17 bits per heavy atom. The van der Waals surface area contributed by atoms with Crippen LogP contribution in [0.25, 0.3) is 0 Å². The summed E-state index contributed by atoms with van der Waals surface area (Å²) >= 11 is 0. The quantitative estimate of drug-likeness (QED) is 0.840. The molecule has 1 aliphatic rings. The van der Waals surface area contributed by atoms with Crippen LogP contribution >= 0.6 is 10.8 Å². The third kappa shape index (κ3) is 3.07. The molecule has 0 aliphatic carbocycles. The molecule has 1 aliphatic heterocycles. The minimum atomic E-state index is -3.12. The summed E-state index contributed by atoms with van der Waals surface area (Å²) in [5.41, 5.74) is 2.15. The van der Waals surface area contributed by atoms with Gasteiger partial charge in [0.1, 0.15) is 11.2 Å². The fourth-order valence-electron chi connectivity index (χ4n) is 2.35. The van der Waals surface area contributed by atoms with E-state index in [0.717, 1.165) is 5.56 Å². The van der Waals surface area contributed by atoms with E-state index in [1.165, 1.54) is 13.4 Å². The zero-order chi connectivity index (χ0) is 16.4. The van der Waals surface area contributed by atoms with Crippen LogP contribution in [0, 0.1) is 0 Å². The first kappa shape index (κ1) is 15.5. The lowest BCUT2D eigenvalue weighted by molar-refractivity contribution is 0.0600. The molecular weight excluding hydrogens is 316 g/mol. The maximum absolute atomic E-state index is 11.4. The molecule has 7 heteroatoms. The van der Waals surface area contributed by atoms with Crippen LogP contribution in [0.5, 0.6) is 0 Å². The molecule has 23 heavy (non-hydrogen) atoms. The molecule has 0 unspecified atom stereocenters. The van der Waals surface area contributed by atoms with Gasteiger partial charge in [0.2, 0.25) is 0 Å². The van der Waals surface area contributed by atoms with E-state index in [-0.39, 0.29) is 5.97 Å². The number of ether oxygens (including phenoxy) is 1. The molecule has 0 aromatic heterocycles. The van der Waals surface area contributed by atoms with Crippen molar-refractivity contribution >= 4 is 28.8 Å². The first-order valence-corrected chi connectivity index (χ1v) is 8.38. The summed E-state index contributed by atoms with van der Waals surface area (Å²) < 4.78 is 28.5. The van der Waals surface area contributed by atoms with E-state index >= 15 is 0 Å².